The average molecular weight is 422 g/mol. The van der Waals surface area contributed by atoms with Crippen LogP contribution in [0.15, 0.2) is 30.3 Å². The van der Waals surface area contributed by atoms with Crippen molar-refractivity contribution in [3.05, 3.63) is 35.9 Å². The molecule has 0 aromatic heterocycles. The minimum Gasteiger partial charge on any atom is -0.343 e. The van der Waals surface area contributed by atoms with Gasteiger partial charge in [-0.3, -0.25) is 9.59 Å². The highest BCUT2D eigenvalue weighted by Gasteiger charge is 2.33. The van der Waals surface area contributed by atoms with Crippen molar-refractivity contribution < 1.29 is 9.59 Å². The number of hydrogen-bond acceptors (Lipinski definition) is 3. The predicted octanol–water partition coefficient (Wildman–Crippen LogP) is 3.27. The Balaban J connectivity index is 0.00000300. The number of carbonyl (C=O) groups is 2. The SMILES string of the molecule is CCCN(C(=O)C1CCN(C(=O)CCc2ccccc2)CC1)C1CCNCC1.Cl. The van der Waals surface area contributed by atoms with Crippen molar-refractivity contribution in [3.63, 3.8) is 0 Å². The maximum absolute atomic E-state index is 13.2. The Morgan fingerprint density at radius 2 is 1.72 bits per heavy atom. The summed E-state index contributed by atoms with van der Waals surface area (Å²) in [6, 6.07) is 10.6. The maximum atomic E-state index is 13.2. The molecule has 0 radical (unpaired) electrons. The summed E-state index contributed by atoms with van der Waals surface area (Å²) in [5.41, 5.74) is 1.21. The molecule has 2 amide bonds. The van der Waals surface area contributed by atoms with Gasteiger partial charge in [-0.25, -0.2) is 0 Å². The number of hydrogen-bond donors (Lipinski definition) is 1. The number of rotatable bonds is 7. The lowest BCUT2D eigenvalue weighted by atomic mass is 9.93. The first kappa shape index (κ1) is 23.7. The van der Waals surface area contributed by atoms with Crippen LogP contribution >= 0.6 is 12.4 Å². The summed E-state index contributed by atoms with van der Waals surface area (Å²) in [6.45, 7) is 6.46. The van der Waals surface area contributed by atoms with Gasteiger partial charge in [0.2, 0.25) is 11.8 Å². The fraction of sp³-hybridized carbons (Fsp3) is 0.652. The molecule has 2 fully saturated rings. The largest absolute Gasteiger partial charge is 0.343 e. The molecule has 162 valence electrons. The van der Waals surface area contributed by atoms with Crippen LogP contribution < -0.4 is 5.32 Å². The highest BCUT2D eigenvalue weighted by molar-refractivity contribution is 5.85. The minimum atomic E-state index is 0. The second kappa shape index (κ2) is 12.2. The Labute approximate surface area is 181 Å². The van der Waals surface area contributed by atoms with E-state index in [0.717, 1.165) is 71.2 Å². The smallest absolute Gasteiger partial charge is 0.226 e. The number of piperidine rings is 2. The Hall–Kier alpha value is -1.59. The number of carbonyl (C=O) groups excluding carboxylic acids is 2. The van der Waals surface area contributed by atoms with Gasteiger partial charge in [0.15, 0.2) is 0 Å². The van der Waals surface area contributed by atoms with E-state index in [1.54, 1.807) is 0 Å². The van der Waals surface area contributed by atoms with Crippen LogP contribution in [0.2, 0.25) is 0 Å². The highest BCUT2D eigenvalue weighted by atomic mass is 35.5. The summed E-state index contributed by atoms with van der Waals surface area (Å²) in [4.78, 5) is 29.8. The van der Waals surface area contributed by atoms with E-state index < -0.39 is 0 Å². The highest BCUT2D eigenvalue weighted by Crippen LogP contribution is 2.24. The van der Waals surface area contributed by atoms with E-state index in [9.17, 15) is 9.59 Å². The summed E-state index contributed by atoms with van der Waals surface area (Å²) in [5, 5.41) is 3.39. The molecule has 0 saturated carbocycles. The molecule has 0 aliphatic carbocycles. The standard InChI is InChI=1S/C23H35N3O2.ClH/c1-2-16-26(21-10-14-24-15-11-21)23(28)20-12-17-25(18-13-20)22(27)9-8-19-6-4-3-5-7-19;/h3-7,20-21,24H,2,8-18H2,1H3;1H. The second-order valence-electron chi connectivity index (χ2n) is 8.15. The predicted molar refractivity (Wildman–Crippen MR) is 119 cm³/mol. The van der Waals surface area contributed by atoms with Gasteiger partial charge in [0.25, 0.3) is 0 Å². The monoisotopic (exact) mass is 421 g/mol. The van der Waals surface area contributed by atoms with Crippen molar-refractivity contribution in [1.29, 1.82) is 0 Å². The van der Waals surface area contributed by atoms with Crippen molar-refractivity contribution in [2.45, 2.75) is 57.9 Å². The van der Waals surface area contributed by atoms with Crippen LogP contribution in [0.3, 0.4) is 0 Å². The summed E-state index contributed by atoms with van der Waals surface area (Å²) in [7, 11) is 0. The molecule has 2 aliphatic heterocycles. The van der Waals surface area contributed by atoms with Crippen LogP contribution in [0.1, 0.15) is 51.0 Å². The lowest BCUT2D eigenvalue weighted by Gasteiger charge is -2.39. The zero-order valence-corrected chi connectivity index (χ0v) is 18.5. The fourth-order valence-electron chi connectivity index (χ4n) is 4.50. The van der Waals surface area contributed by atoms with E-state index in [1.165, 1.54) is 5.56 Å². The molecule has 2 heterocycles. The van der Waals surface area contributed by atoms with Gasteiger partial charge in [0.05, 0.1) is 0 Å². The van der Waals surface area contributed by atoms with Crippen LogP contribution in [-0.4, -0.2) is 60.4 Å². The molecule has 0 atom stereocenters. The number of likely N-dealkylation sites (tertiary alicyclic amines) is 1. The molecule has 2 saturated heterocycles. The normalized spacial score (nSPS) is 18.2. The number of aryl methyl sites for hydroxylation is 1. The molecule has 1 N–H and O–H groups in total. The van der Waals surface area contributed by atoms with E-state index >= 15 is 0 Å². The van der Waals surface area contributed by atoms with Crippen molar-refractivity contribution in [1.82, 2.24) is 15.1 Å². The van der Waals surface area contributed by atoms with Crippen molar-refractivity contribution in [2.75, 3.05) is 32.7 Å². The first-order chi connectivity index (χ1) is 13.7. The van der Waals surface area contributed by atoms with Crippen LogP contribution in [0.5, 0.6) is 0 Å². The van der Waals surface area contributed by atoms with Crippen LogP contribution in [-0.2, 0) is 16.0 Å². The molecule has 0 unspecified atom stereocenters. The van der Waals surface area contributed by atoms with Gasteiger partial charge in [-0.15, -0.1) is 12.4 Å². The van der Waals surface area contributed by atoms with Crippen LogP contribution in [0.4, 0.5) is 0 Å². The van der Waals surface area contributed by atoms with Gasteiger partial charge in [-0.05, 0) is 57.2 Å². The summed E-state index contributed by atoms with van der Waals surface area (Å²) < 4.78 is 0. The van der Waals surface area contributed by atoms with Gasteiger partial charge in [-0.2, -0.15) is 0 Å². The average Bonchev–Trinajstić information content (AvgIpc) is 2.77. The lowest BCUT2D eigenvalue weighted by Crippen LogP contribution is -2.50. The van der Waals surface area contributed by atoms with Crippen molar-refractivity contribution in [3.8, 4) is 0 Å². The number of amides is 2. The Kier molecular flexibility index (Phi) is 9.95. The maximum Gasteiger partial charge on any atom is 0.226 e. The van der Waals surface area contributed by atoms with E-state index in [-0.39, 0.29) is 24.2 Å². The van der Waals surface area contributed by atoms with Gasteiger partial charge < -0.3 is 15.1 Å². The lowest BCUT2D eigenvalue weighted by molar-refractivity contribution is -0.143. The molecule has 29 heavy (non-hydrogen) atoms. The zero-order chi connectivity index (χ0) is 19.8. The van der Waals surface area contributed by atoms with E-state index in [2.05, 4.69) is 29.3 Å². The summed E-state index contributed by atoms with van der Waals surface area (Å²) in [6.07, 6.45) is 6.08. The van der Waals surface area contributed by atoms with E-state index in [4.69, 9.17) is 0 Å². The van der Waals surface area contributed by atoms with Crippen LogP contribution in [0.25, 0.3) is 0 Å². The van der Waals surface area contributed by atoms with Gasteiger partial charge in [-0.1, -0.05) is 37.3 Å². The number of nitrogens with one attached hydrogen (secondary N) is 1. The Morgan fingerprint density at radius 3 is 2.34 bits per heavy atom. The van der Waals surface area contributed by atoms with E-state index in [1.807, 2.05) is 23.1 Å². The first-order valence-corrected chi connectivity index (χ1v) is 11.0. The second-order valence-corrected chi connectivity index (χ2v) is 8.15. The third kappa shape index (κ3) is 6.71. The van der Waals surface area contributed by atoms with Crippen molar-refractivity contribution in [2.24, 2.45) is 5.92 Å². The number of nitrogens with zero attached hydrogens (tertiary/aromatic N) is 2. The summed E-state index contributed by atoms with van der Waals surface area (Å²) in [5.74, 6) is 0.628. The molecule has 3 rings (SSSR count). The summed E-state index contributed by atoms with van der Waals surface area (Å²) >= 11 is 0. The van der Waals surface area contributed by atoms with E-state index in [0.29, 0.717) is 18.4 Å². The number of halogens is 1. The quantitative estimate of drug-likeness (QED) is 0.735. The zero-order valence-electron chi connectivity index (χ0n) is 17.6. The molecule has 5 nitrogen and oxygen atoms in total. The fourth-order valence-corrected chi connectivity index (χ4v) is 4.50. The molecule has 0 bridgehead atoms. The van der Waals surface area contributed by atoms with Gasteiger partial charge in [0, 0.05) is 38.0 Å². The Bertz CT molecular complexity index is 626. The third-order valence-electron chi connectivity index (χ3n) is 6.16. The van der Waals surface area contributed by atoms with Crippen molar-refractivity contribution >= 4 is 24.2 Å². The third-order valence-corrected chi connectivity index (χ3v) is 6.16. The molecule has 0 spiro atoms. The first-order valence-electron chi connectivity index (χ1n) is 11.0. The molecular formula is C23H36ClN3O2. The topological polar surface area (TPSA) is 52.7 Å². The molecule has 1 aromatic carbocycles. The Morgan fingerprint density at radius 1 is 1.07 bits per heavy atom. The van der Waals surface area contributed by atoms with Crippen LogP contribution in [0, 0.1) is 5.92 Å². The molecule has 6 heteroatoms. The van der Waals surface area contributed by atoms with Gasteiger partial charge >= 0.3 is 0 Å². The molecular weight excluding hydrogens is 386 g/mol. The molecule has 2 aliphatic rings. The number of benzene rings is 1. The van der Waals surface area contributed by atoms with Gasteiger partial charge in [0.1, 0.15) is 0 Å². The molecule has 1 aromatic rings. The minimum absolute atomic E-state index is 0.